The number of amides is 3. The number of nitrogens with one attached hydrogen (secondary N) is 1. The molecule has 2 fully saturated rings. The number of esters is 1. The van der Waals surface area contributed by atoms with Crippen LogP contribution in [0.1, 0.15) is 77.6 Å². The second kappa shape index (κ2) is 19.5. The molecule has 1 spiro atoms. The Balaban J connectivity index is 1.31. The Morgan fingerprint density at radius 1 is 1.09 bits per heavy atom. The van der Waals surface area contributed by atoms with Crippen LogP contribution < -0.4 is 5.43 Å². The summed E-state index contributed by atoms with van der Waals surface area (Å²) in [4.78, 5) is 66.3. The molecule has 2 aromatic heterocycles. The highest BCUT2D eigenvalue weighted by atomic mass is 16.5. The number of nitrogens with zero attached hydrogens (tertiary/aromatic N) is 6. The first-order valence-electron chi connectivity index (χ1n) is 23.2. The largest absolute Gasteiger partial charge is 0.508 e. The molecule has 3 atom stereocenters. The molecule has 14 nitrogen and oxygen atoms in total. The lowest BCUT2D eigenvalue weighted by Crippen LogP contribution is -2.60. The third-order valence-electron chi connectivity index (χ3n) is 13.4. The second-order valence-electron chi connectivity index (χ2n) is 19.1. The first-order valence-corrected chi connectivity index (χ1v) is 23.2. The molecule has 2 N–H and O–H groups in total. The smallest absolute Gasteiger partial charge is 0.324 e. The van der Waals surface area contributed by atoms with Gasteiger partial charge in [-0.2, -0.15) is 0 Å². The highest BCUT2D eigenvalue weighted by molar-refractivity contribution is 5.99. The monoisotopic (exact) mass is 890 g/mol. The maximum absolute atomic E-state index is 15.0. The molecule has 3 amide bonds. The predicted octanol–water partition coefficient (Wildman–Crippen LogP) is 6.37. The van der Waals surface area contributed by atoms with Crippen LogP contribution >= 0.6 is 0 Å². The van der Waals surface area contributed by atoms with E-state index in [1.165, 1.54) is 11.1 Å². The number of hydrogen-bond donors (Lipinski definition) is 2. The van der Waals surface area contributed by atoms with Crippen molar-refractivity contribution in [2.75, 3.05) is 53.5 Å². The molecular weight excluding hydrogens is 823 g/mol. The van der Waals surface area contributed by atoms with E-state index in [1.807, 2.05) is 44.9 Å². The van der Waals surface area contributed by atoms with E-state index in [4.69, 9.17) is 14.5 Å². The van der Waals surface area contributed by atoms with E-state index >= 15 is 4.79 Å². The van der Waals surface area contributed by atoms with Crippen LogP contribution in [0.25, 0.3) is 33.3 Å². The Hall–Kier alpha value is -5.57. The average Bonchev–Trinajstić information content (AvgIpc) is 3.94. The SMILES string of the molecule is C=CC(=O)N(CC)CCCN(C)[C@H](C(=O)N1CC12Cc1cc(O)cc(c1)-c1ccc3c(c1)c(c(-c1cccnc1COC)n3CC)CC(C)(C)COC(=O)[C@@H]1CCCN(N1)C2=O)C(C)C. The summed E-state index contributed by atoms with van der Waals surface area (Å²) in [6.07, 6.45) is 5.53. The number of hydrazine groups is 1. The number of pyridine rings is 1. The van der Waals surface area contributed by atoms with Crippen molar-refractivity contribution in [2.45, 2.75) is 104 Å². The Morgan fingerprint density at radius 2 is 1.88 bits per heavy atom. The van der Waals surface area contributed by atoms with Gasteiger partial charge < -0.3 is 28.9 Å². The fraction of sp³-hybridized carbons (Fsp3) is 0.510. The summed E-state index contributed by atoms with van der Waals surface area (Å²) in [6, 6.07) is 14.5. The molecule has 65 heavy (non-hydrogen) atoms. The van der Waals surface area contributed by atoms with Crippen LogP contribution in [0.5, 0.6) is 5.75 Å². The maximum atomic E-state index is 15.0. The van der Waals surface area contributed by atoms with Crippen LogP contribution in [0.2, 0.25) is 0 Å². The number of aromatic hydroxyl groups is 1. The highest BCUT2D eigenvalue weighted by Crippen LogP contribution is 2.44. The summed E-state index contributed by atoms with van der Waals surface area (Å²) in [5.74, 6) is -1.07. The van der Waals surface area contributed by atoms with Gasteiger partial charge in [0.1, 0.15) is 17.3 Å². The van der Waals surface area contributed by atoms with Gasteiger partial charge in [0.2, 0.25) is 11.8 Å². The van der Waals surface area contributed by atoms with E-state index in [0.29, 0.717) is 70.6 Å². The number of cyclic esters (lactones) is 1. The van der Waals surface area contributed by atoms with E-state index in [1.54, 1.807) is 35.2 Å². The number of aryl methyl sites for hydroxylation is 1. The number of phenols is 1. The Morgan fingerprint density at radius 3 is 2.58 bits per heavy atom. The molecule has 0 aliphatic carbocycles. The molecule has 3 aliphatic rings. The van der Waals surface area contributed by atoms with E-state index in [-0.39, 0.29) is 49.0 Å². The normalized spacial score (nSPS) is 20.2. The average molecular weight is 890 g/mol. The lowest BCUT2D eigenvalue weighted by atomic mass is 9.84. The van der Waals surface area contributed by atoms with Gasteiger partial charge in [0.15, 0.2) is 0 Å². The number of carbonyl (C=O) groups excluding carboxylic acids is 4. The van der Waals surface area contributed by atoms with Gasteiger partial charge in [-0.15, -0.1) is 0 Å². The fourth-order valence-electron chi connectivity index (χ4n) is 10.1. The summed E-state index contributed by atoms with van der Waals surface area (Å²) in [5, 5.41) is 13.9. The molecule has 2 aromatic carbocycles. The van der Waals surface area contributed by atoms with E-state index in [9.17, 15) is 19.5 Å². The molecule has 5 heterocycles. The Bertz CT molecular complexity index is 2440. The minimum absolute atomic E-state index is 0.0515. The molecule has 1 unspecified atom stereocenters. The first-order chi connectivity index (χ1) is 31.1. The number of benzene rings is 2. The third-order valence-corrected chi connectivity index (χ3v) is 13.4. The maximum Gasteiger partial charge on any atom is 0.324 e. The van der Waals surface area contributed by atoms with Gasteiger partial charge in [-0.05, 0) is 117 Å². The van der Waals surface area contributed by atoms with E-state index < -0.39 is 29.0 Å². The molecule has 14 heteroatoms. The Labute approximate surface area is 383 Å². The molecule has 0 radical (unpaired) electrons. The van der Waals surface area contributed by atoms with E-state index in [2.05, 4.69) is 61.6 Å². The van der Waals surface area contributed by atoms with Crippen molar-refractivity contribution in [3.05, 3.63) is 84.2 Å². The van der Waals surface area contributed by atoms with Gasteiger partial charge in [0.05, 0.1) is 37.2 Å². The van der Waals surface area contributed by atoms with Crippen LogP contribution in [-0.4, -0.2) is 129 Å². The second-order valence-corrected chi connectivity index (χ2v) is 19.1. The molecule has 4 aromatic rings. The van der Waals surface area contributed by atoms with Crippen molar-refractivity contribution in [2.24, 2.45) is 11.3 Å². The van der Waals surface area contributed by atoms with Gasteiger partial charge >= 0.3 is 5.97 Å². The minimum Gasteiger partial charge on any atom is -0.508 e. The van der Waals surface area contributed by atoms with Crippen molar-refractivity contribution < 1.29 is 33.8 Å². The van der Waals surface area contributed by atoms with Gasteiger partial charge in [-0.1, -0.05) is 46.4 Å². The summed E-state index contributed by atoms with van der Waals surface area (Å²) in [5.41, 5.74) is 8.75. The van der Waals surface area contributed by atoms with Crippen molar-refractivity contribution in [1.29, 1.82) is 0 Å². The zero-order valence-corrected chi connectivity index (χ0v) is 39.5. The standard InChI is InChI=1S/C51H67N7O7/c1-10-44(60)55(11-2)22-15-21-54(8)45(33(4)5)47(61)57-31-51(57)28-34-24-36(26-37(59)25-34)35-18-19-43-39(27-35)40(46(56(43)12-3)38-16-13-20-52-42(38)30-64-9)29-50(6,7)32-65-48(62)41-17-14-23-58(53-41)49(51)63/h10,13,16,18-20,24-27,33,41,45,53,59H,1,11-12,14-15,17,21-23,28-32H2,2-9H3/t41-,45-,51?,57?/m0/s1. The topological polar surface area (TPSA) is 150 Å². The van der Waals surface area contributed by atoms with Crippen molar-refractivity contribution in [1.82, 2.24) is 34.7 Å². The number of hydrogen-bond acceptors (Lipinski definition) is 10. The lowest BCUT2D eigenvalue weighted by molar-refractivity contribution is -0.156. The van der Waals surface area contributed by atoms with Crippen molar-refractivity contribution in [3.63, 3.8) is 0 Å². The van der Waals surface area contributed by atoms with Crippen LogP contribution in [0.4, 0.5) is 0 Å². The predicted molar refractivity (Wildman–Crippen MR) is 251 cm³/mol. The third kappa shape index (κ3) is 9.71. The number of methoxy groups -OCH3 is 1. The molecule has 348 valence electrons. The molecule has 7 rings (SSSR count). The van der Waals surface area contributed by atoms with Crippen molar-refractivity contribution in [3.8, 4) is 28.1 Å². The number of phenolic OH excluding ortho intramolecular Hbond substituents is 1. The Kier molecular flexibility index (Phi) is 14.2. The molecular formula is C51H67N7O7. The zero-order valence-electron chi connectivity index (χ0n) is 39.5. The number of likely N-dealkylation sites (N-methyl/N-ethyl adjacent to an activating group) is 2. The van der Waals surface area contributed by atoms with Gasteiger partial charge in [-0.25, -0.2) is 5.43 Å². The van der Waals surface area contributed by atoms with Crippen molar-refractivity contribution >= 4 is 34.6 Å². The molecule has 2 saturated heterocycles. The van der Waals surface area contributed by atoms with E-state index in [0.717, 1.165) is 44.5 Å². The van der Waals surface area contributed by atoms with Crippen LogP contribution in [0.3, 0.4) is 0 Å². The number of carbonyl (C=O) groups is 4. The molecule has 6 bridgehead atoms. The quantitative estimate of drug-likeness (QED) is 0.0882. The molecule has 0 saturated carbocycles. The summed E-state index contributed by atoms with van der Waals surface area (Å²) >= 11 is 0. The number of fused-ring (bicyclic) bond motifs is 6. The molecule has 3 aliphatic heterocycles. The lowest BCUT2D eigenvalue weighted by Gasteiger charge is -2.36. The zero-order chi connectivity index (χ0) is 46.8. The summed E-state index contributed by atoms with van der Waals surface area (Å²) in [7, 11) is 3.58. The summed E-state index contributed by atoms with van der Waals surface area (Å²) in [6.45, 7) is 19.2. The number of aromatic nitrogens is 2. The minimum atomic E-state index is -1.27. The fourth-order valence-corrected chi connectivity index (χ4v) is 10.1. The van der Waals surface area contributed by atoms with Gasteiger partial charge in [-0.3, -0.25) is 34.1 Å². The highest BCUT2D eigenvalue weighted by Gasteiger charge is 2.63. The summed E-state index contributed by atoms with van der Waals surface area (Å²) < 4.78 is 14.1. The van der Waals surface area contributed by atoms with Gasteiger partial charge in [0, 0.05) is 74.3 Å². The first kappa shape index (κ1) is 47.4. The van der Waals surface area contributed by atoms with Crippen LogP contribution in [0, 0.1) is 11.3 Å². The number of rotatable bonds is 13. The van der Waals surface area contributed by atoms with Gasteiger partial charge in [0.25, 0.3) is 5.91 Å². The number of ether oxygens (including phenoxy) is 2. The van der Waals surface area contributed by atoms with Crippen LogP contribution in [0.15, 0.2) is 67.4 Å². The van der Waals surface area contributed by atoms with Crippen LogP contribution in [-0.2, 0) is 54.6 Å².